The number of rotatable bonds is 4. The van der Waals surface area contributed by atoms with E-state index in [0.29, 0.717) is 26.5 Å². The van der Waals surface area contributed by atoms with Crippen LogP contribution in [0.15, 0.2) is 95.1 Å². The molecular formula is C28H17N5O3S. The molecule has 3 aromatic carbocycles. The Kier molecular flexibility index (Phi) is 5.00. The van der Waals surface area contributed by atoms with Gasteiger partial charge in [0.1, 0.15) is 21.6 Å². The van der Waals surface area contributed by atoms with Crippen LogP contribution in [0.3, 0.4) is 0 Å². The predicted octanol–water partition coefficient (Wildman–Crippen LogP) is 5.35. The van der Waals surface area contributed by atoms with Crippen LogP contribution in [-0.2, 0) is 0 Å². The van der Waals surface area contributed by atoms with Crippen LogP contribution in [-0.4, -0.2) is 32.9 Å². The number of nitrogens with zero attached hydrogens (tertiary/aromatic N) is 5. The van der Waals surface area contributed by atoms with Gasteiger partial charge in [0.25, 0.3) is 5.56 Å². The fourth-order valence-corrected chi connectivity index (χ4v) is 5.40. The van der Waals surface area contributed by atoms with Crippen molar-refractivity contribution >= 4 is 38.0 Å². The van der Waals surface area contributed by atoms with E-state index in [4.69, 9.17) is 9.47 Å². The Balaban J connectivity index is 1.40. The lowest BCUT2D eigenvalue weighted by Crippen LogP contribution is -2.15. The SMILES string of the molecule is O=c1c2sc3nnc(-c4ccccc4)c(-c4ccccc4)c3c2ncn1/N=C\c1ccc2c(c1)OCO2. The van der Waals surface area contributed by atoms with Crippen molar-refractivity contribution in [3.8, 4) is 33.9 Å². The van der Waals surface area contributed by atoms with Crippen molar-refractivity contribution in [2.24, 2.45) is 5.10 Å². The van der Waals surface area contributed by atoms with Gasteiger partial charge in [-0.2, -0.15) is 9.78 Å². The van der Waals surface area contributed by atoms with Crippen LogP contribution in [0.4, 0.5) is 0 Å². The van der Waals surface area contributed by atoms with Gasteiger partial charge in [-0.3, -0.25) is 4.79 Å². The molecule has 0 unspecified atom stereocenters. The minimum atomic E-state index is -0.273. The lowest BCUT2D eigenvalue weighted by molar-refractivity contribution is 0.174. The first-order valence-electron chi connectivity index (χ1n) is 11.5. The van der Waals surface area contributed by atoms with Crippen LogP contribution in [0.25, 0.3) is 42.8 Å². The first-order valence-corrected chi connectivity index (χ1v) is 12.3. The molecule has 0 atom stereocenters. The van der Waals surface area contributed by atoms with Crippen molar-refractivity contribution in [1.29, 1.82) is 0 Å². The van der Waals surface area contributed by atoms with Gasteiger partial charge in [-0.25, -0.2) is 4.98 Å². The second kappa shape index (κ2) is 8.65. The Morgan fingerprint density at radius 2 is 1.65 bits per heavy atom. The third kappa shape index (κ3) is 3.64. The lowest BCUT2D eigenvalue weighted by atomic mass is 9.97. The number of benzene rings is 3. The molecule has 0 aliphatic carbocycles. The average molecular weight is 504 g/mol. The van der Waals surface area contributed by atoms with E-state index in [1.54, 1.807) is 6.21 Å². The summed E-state index contributed by atoms with van der Waals surface area (Å²) in [6, 6.07) is 25.4. The smallest absolute Gasteiger partial charge is 0.291 e. The Hall–Kier alpha value is -4.89. The third-order valence-electron chi connectivity index (χ3n) is 6.13. The maximum absolute atomic E-state index is 13.4. The minimum Gasteiger partial charge on any atom is -0.454 e. The highest BCUT2D eigenvalue weighted by Gasteiger charge is 2.21. The zero-order chi connectivity index (χ0) is 24.8. The van der Waals surface area contributed by atoms with Gasteiger partial charge in [-0.15, -0.1) is 21.5 Å². The molecule has 0 bridgehead atoms. The summed E-state index contributed by atoms with van der Waals surface area (Å²) in [6.07, 6.45) is 3.03. The molecule has 0 N–H and O–H groups in total. The van der Waals surface area contributed by atoms with Gasteiger partial charge in [0, 0.05) is 16.5 Å². The second-order valence-electron chi connectivity index (χ2n) is 8.37. The van der Waals surface area contributed by atoms with Crippen molar-refractivity contribution in [2.45, 2.75) is 0 Å². The number of aromatic nitrogens is 4. The van der Waals surface area contributed by atoms with Gasteiger partial charge in [0.15, 0.2) is 11.5 Å². The molecule has 6 aromatic rings. The van der Waals surface area contributed by atoms with E-state index in [9.17, 15) is 4.79 Å². The highest BCUT2D eigenvalue weighted by Crippen LogP contribution is 2.41. The van der Waals surface area contributed by atoms with Crippen molar-refractivity contribution < 1.29 is 9.47 Å². The van der Waals surface area contributed by atoms with Crippen molar-refractivity contribution in [3.63, 3.8) is 0 Å². The molecule has 0 saturated heterocycles. The van der Waals surface area contributed by atoms with Crippen molar-refractivity contribution in [1.82, 2.24) is 19.9 Å². The van der Waals surface area contributed by atoms with Crippen LogP contribution >= 0.6 is 11.3 Å². The predicted molar refractivity (Wildman–Crippen MR) is 143 cm³/mol. The van der Waals surface area contributed by atoms with E-state index < -0.39 is 0 Å². The molecular weight excluding hydrogens is 486 g/mol. The minimum absolute atomic E-state index is 0.196. The van der Waals surface area contributed by atoms with Gasteiger partial charge in [-0.05, 0) is 29.3 Å². The van der Waals surface area contributed by atoms with Crippen LogP contribution < -0.4 is 15.0 Å². The fourth-order valence-electron chi connectivity index (χ4n) is 4.40. The van der Waals surface area contributed by atoms with Crippen molar-refractivity contribution in [2.75, 3.05) is 6.79 Å². The molecule has 0 spiro atoms. The molecule has 0 fully saturated rings. The maximum Gasteiger partial charge on any atom is 0.291 e. The molecule has 0 amide bonds. The third-order valence-corrected chi connectivity index (χ3v) is 7.18. The van der Waals surface area contributed by atoms with E-state index in [1.165, 1.54) is 22.3 Å². The zero-order valence-electron chi connectivity index (χ0n) is 19.2. The average Bonchev–Trinajstić information content (AvgIpc) is 3.58. The summed E-state index contributed by atoms with van der Waals surface area (Å²) in [4.78, 5) is 18.8. The van der Waals surface area contributed by atoms with Gasteiger partial charge in [0.2, 0.25) is 6.79 Å². The summed E-state index contributed by atoms with van der Waals surface area (Å²) in [5.41, 5.74) is 4.65. The Bertz CT molecular complexity index is 1880. The number of fused-ring (bicyclic) bond motifs is 4. The molecule has 9 heteroatoms. The van der Waals surface area contributed by atoms with Crippen molar-refractivity contribution in [3.05, 3.63) is 101 Å². The van der Waals surface area contributed by atoms with Gasteiger partial charge < -0.3 is 9.47 Å². The Morgan fingerprint density at radius 1 is 0.892 bits per heavy atom. The van der Waals surface area contributed by atoms with Gasteiger partial charge >= 0.3 is 0 Å². The first kappa shape index (κ1) is 21.4. The second-order valence-corrected chi connectivity index (χ2v) is 9.37. The van der Waals surface area contributed by atoms with E-state index in [-0.39, 0.29) is 12.4 Å². The summed E-state index contributed by atoms with van der Waals surface area (Å²) < 4.78 is 12.5. The summed E-state index contributed by atoms with van der Waals surface area (Å²) in [5, 5.41) is 14.2. The molecule has 37 heavy (non-hydrogen) atoms. The lowest BCUT2D eigenvalue weighted by Gasteiger charge is -2.10. The number of ether oxygens (including phenoxy) is 2. The number of thiophene rings is 1. The topological polar surface area (TPSA) is 91.5 Å². The molecule has 0 saturated carbocycles. The van der Waals surface area contributed by atoms with Crippen LogP contribution in [0.2, 0.25) is 0 Å². The molecule has 1 aliphatic rings. The fraction of sp³-hybridized carbons (Fsp3) is 0.0357. The summed E-state index contributed by atoms with van der Waals surface area (Å²) in [5.74, 6) is 1.34. The Morgan fingerprint density at radius 3 is 2.46 bits per heavy atom. The molecule has 4 heterocycles. The summed E-state index contributed by atoms with van der Waals surface area (Å²) >= 11 is 1.27. The molecule has 7 rings (SSSR count). The highest BCUT2D eigenvalue weighted by atomic mass is 32.1. The van der Waals surface area contributed by atoms with E-state index in [1.807, 2.05) is 78.9 Å². The zero-order valence-corrected chi connectivity index (χ0v) is 20.1. The van der Waals surface area contributed by atoms with Crippen LogP contribution in [0, 0.1) is 0 Å². The summed E-state index contributed by atoms with van der Waals surface area (Å²) in [6.45, 7) is 0.196. The number of hydrogen-bond donors (Lipinski definition) is 0. The van der Waals surface area contributed by atoms with Gasteiger partial charge in [0.05, 0.1) is 11.7 Å². The molecule has 3 aromatic heterocycles. The molecule has 178 valence electrons. The number of hydrogen-bond acceptors (Lipinski definition) is 8. The Labute approximate surface area is 214 Å². The highest BCUT2D eigenvalue weighted by molar-refractivity contribution is 7.25. The monoisotopic (exact) mass is 503 g/mol. The molecule has 0 radical (unpaired) electrons. The summed E-state index contributed by atoms with van der Waals surface area (Å²) in [7, 11) is 0. The molecule has 1 aliphatic heterocycles. The van der Waals surface area contributed by atoms with Crippen LogP contribution in [0.5, 0.6) is 11.5 Å². The first-order chi connectivity index (χ1) is 18.3. The van der Waals surface area contributed by atoms with E-state index in [2.05, 4.69) is 20.3 Å². The van der Waals surface area contributed by atoms with Gasteiger partial charge in [-0.1, -0.05) is 60.7 Å². The van der Waals surface area contributed by atoms with E-state index in [0.717, 1.165) is 33.3 Å². The molecule has 8 nitrogen and oxygen atoms in total. The maximum atomic E-state index is 13.4. The van der Waals surface area contributed by atoms with Crippen LogP contribution in [0.1, 0.15) is 5.56 Å². The largest absolute Gasteiger partial charge is 0.454 e. The normalized spacial score (nSPS) is 12.6. The standard InChI is InChI=1S/C28H17N5O3S/c34-28-26-25(29-15-33(28)30-14-17-11-12-20-21(13-17)36-16-35-20)23-22(18-7-3-1-4-8-18)24(31-32-27(23)37-26)19-9-5-2-6-10-19/h1-15H,16H2/b30-14-. The quantitative estimate of drug-likeness (QED) is 0.301. The van der Waals surface area contributed by atoms with E-state index >= 15 is 0 Å².